The average molecular weight is 378 g/mol. The quantitative estimate of drug-likeness (QED) is 0.451. The SMILES string of the molecule is COc1ccc([C@H](CN=Cc2cc(Cl)cc([N+](=O)[O-])c2[O-])[NH+](C)C)cc1. The molecule has 0 radical (unpaired) electrons. The number of hydrogen-bond acceptors (Lipinski definition) is 5. The molecule has 0 spiro atoms. The normalized spacial score (nSPS) is 12.5. The van der Waals surface area contributed by atoms with E-state index in [1.807, 2.05) is 38.4 Å². The van der Waals surface area contributed by atoms with Crippen LogP contribution in [-0.4, -0.2) is 38.9 Å². The maximum atomic E-state index is 12.1. The fourth-order valence-corrected chi connectivity index (χ4v) is 2.77. The highest BCUT2D eigenvalue weighted by Crippen LogP contribution is 2.30. The van der Waals surface area contributed by atoms with Crippen molar-refractivity contribution in [3.05, 3.63) is 62.7 Å². The van der Waals surface area contributed by atoms with Gasteiger partial charge in [0.05, 0.1) is 32.7 Å². The lowest BCUT2D eigenvalue weighted by Crippen LogP contribution is -3.06. The number of rotatable bonds is 7. The summed E-state index contributed by atoms with van der Waals surface area (Å²) in [4.78, 5) is 15.7. The highest BCUT2D eigenvalue weighted by molar-refractivity contribution is 6.31. The van der Waals surface area contributed by atoms with E-state index in [1.165, 1.54) is 12.3 Å². The largest absolute Gasteiger partial charge is 0.867 e. The van der Waals surface area contributed by atoms with Gasteiger partial charge in [0.1, 0.15) is 11.8 Å². The smallest absolute Gasteiger partial charge is 0.263 e. The van der Waals surface area contributed by atoms with E-state index in [0.717, 1.165) is 22.3 Å². The first-order chi connectivity index (χ1) is 12.3. The molecule has 2 aromatic carbocycles. The highest BCUT2D eigenvalue weighted by Gasteiger charge is 2.17. The number of hydrogen-bond donors (Lipinski definition) is 1. The summed E-state index contributed by atoms with van der Waals surface area (Å²) >= 11 is 5.86. The van der Waals surface area contributed by atoms with Crippen LogP contribution in [0.1, 0.15) is 17.2 Å². The number of methoxy groups -OCH3 is 1. The fourth-order valence-electron chi connectivity index (χ4n) is 2.55. The van der Waals surface area contributed by atoms with Gasteiger partial charge in [-0.2, -0.15) is 0 Å². The molecular formula is C18H20ClN3O4. The van der Waals surface area contributed by atoms with Gasteiger partial charge in [0, 0.05) is 22.9 Å². The molecule has 7 nitrogen and oxygen atoms in total. The predicted molar refractivity (Wildman–Crippen MR) is 98.6 cm³/mol. The molecule has 0 saturated heterocycles. The lowest BCUT2D eigenvalue weighted by atomic mass is 10.1. The van der Waals surface area contributed by atoms with Crippen LogP contribution in [0.4, 0.5) is 5.69 Å². The third-order valence-corrected chi connectivity index (χ3v) is 4.21. The van der Waals surface area contributed by atoms with Gasteiger partial charge in [-0.3, -0.25) is 15.1 Å². The van der Waals surface area contributed by atoms with E-state index in [2.05, 4.69) is 4.99 Å². The number of nitro groups is 1. The van der Waals surface area contributed by atoms with E-state index in [-0.39, 0.29) is 16.6 Å². The molecule has 0 amide bonds. The second-order valence-electron chi connectivity index (χ2n) is 6.00. The van der Waals surface area contributed by atoms with Crippen molar-refractivity contribution in [1.29, 1.82) is 0 Å². The monoisotopic (exact) mass is 377 g/mol. The maximum absolute atomic E-state index is 12.1. The van der Waals surface area contributed by atoms with E-state index in [0.29, 0.717) is 6.54 Å². The van der Waals surface area contributed by atoms with Crippen LogP contribution in [0.2, 0.25) is 5.02 Å². The Hall–Kier alpha value is -2.64. The molecule has 2 rings (SSSR count). The molecule has 0 aromatic heterocycles. The van der Waals surface area contributed by atoms with E-state index in [4.69, 9.17) is 16.3 Å². The van der Waals surface area contributed by atoms with Crippen LogP contribution >= 0.6 is 11.6 Å². The molecule has 8 heteroatoms. The van der Waals surface area contributed by atoms with Gasteiger partial charge in [-0.05, 0) is 41.6 Å². The number of quaternary nitrogens is 1. The second kappa shape index (κ2) is 8.64. The van der Waals surface area contributed by atoms with Crippen molar-refractivity contribution in [3.63, 3.8) is 0 Å². The second-order valence-corrected chi connectivity index (χ2v) is 6.43. The van der Waals surface area contributed by atoms with Crippen LogP contribution in [0, 0.1) is 10.1 Å². The Balaban J connectivity index is 2.22. The first-order valence-electron chi connectivity index (χ1n) is 7.92. The highest BCUT2D eigenvalue weighted by atomic mass is 35.5. The van der Waals surface area contributed by atoms with Crippen LogP contribution in [0.25, 0.3) is 0 Å². The zero-order chi connectivity index (χ0) is 19.3. The summed E-state index contributed by atoms with van der Waals surface area (Å²) in [7, 11) is 5.63. The van der Waals surface area contributed by atoms with Crippen molar-refractivity contribution >= 4 is 23.5 Å². The van der Waals surface area contributed by atoms with Gasteiger partial charge < -0.3 is 14.7 Å². The Morgan fingerprint density at radius 1 is 1.31 bits per heavy atom. The van der Waals surface area contributed by atoms with Crippen molar-refractivity contribution in [2.75, 3.05) is 27.7 Å². The maximum Gasteiger partial charge on any atom is 0.263 e. The summed E-state index contributed by atoms with van der Waals surface area (Å²) in [6, 6.07) is 10.2. The number of nitro benzene ring substituents is 1. The Labute approximate surface area is 156 Å². The van der Waals surface area contributed by atoms with E-state index < -0.39 is 16.4 Å². The summed E-state index contributed by atoms with van der Waals surface area (Å²) in [5.74, 6) is 0.0772. The van der Waals surface area contributed by atoms with E-state index >= 15 is 0 Å². The Bertz CT molecular complexity index is 807. The van der Waals surface area contributed by atoms with Gasteiger partial charge in [-0.25, -0.2) is 0 Å². The first kappa shape index (κ1) is 19.7. The molecule has 0 aliphatic rings. The topological polar surface area (TPSA) is 92.2 Å². The van der Waals surface area contributed by atoms with Crippen molar-refractivity contribution in [3.8, 4) is 11.5 Å². The molecule has 138 valence electrons. The van der Waals surface area contributed by atoms with Crippen LogP contribution in [0.5, 0.6) is 11.5 Å². The number of benzene rings is 2. The predicted octanol–water partition coefficient (Wildman–Crippen LogP) is 1.64. The van der Waals surface area contributed by atoms with Gasteiger partial charge >= 0.3 is 0 Å². The molecule has 0 aliphatic carbocycles. The molecule has 0 bridgehead atoms. The van der Waals surface area contributed by atoms with E-state index in [9.17, 15) is 15.2 Å². The number of aliphatic imine (C=N–C) groups is 1. The van der Waals surface area contributed by atoms with Crippen LogP contribution in [-0.2, 0) is 0 Å². The Kier molecular flexibility index (Phi) is 6.54. The Morgan fingerprint density at radius 3 is 2.50 bits per heavy atom. The number of halogens is 1. The third-order valence-electron chi connectivity index (χ3n) is 3.99. The van der Waals surface area contributed by atoms with Crippen LogP contribution in [0.15, 0.2) is 41.4 Å². The zero-order valence-electron chi connectivity index (χ0n) is 14.7. The standard InChI is InChI=1S/C18H20ClN3O4/c1-21(2)17(12-4-6-15(26-3)7-5-12)11-20-10-13-8-14(19)9-16(18(13)23)22(24)25/h4-10,17,23H,11H2,1-3H3/t17-/m0/s1. The average Bonchev–Trinajstić information content (AvgIpc) is 2.60. The van der Waals surface area contributed by atoms with Crippen LogP contribution in [0.3, 0.4) is 0 Å². The van der Waals surface area contributed by atoms with Gasteiger partial charge in [0.25, 0.3) is 5.69 Å². The molecule has 1 N–H and O–H groups in total. The minimum Gasteiger partial charge on any atom is -0.867 e. The summed E-state index contributed by atoms with van der Waals surface area (Å²) in [5, 5.41) is 23.2. The molecule has 0 fully saturated rings. The molecule has 1 atom stereocenters. The van der Waals surface area contributed by atoms with Gasteiger partial charge in [-0.15, -0.1) is 0 Å². The van der Waals surface area contributed by atoms with Crippen molar-refractivity contribution in [2.24, 2.45) is 4.99 Å². The number of ether oxygens (including phenoxy) is 1. The summed E-state index contributed by atoms with van der Waals surface area (Å²) in [5.41, 5.74) is 0.623. The summed E-state index contributed by atoms with van der Waals surface area (Å²) in [6.45, 7) is 0.411. The molecule has 0 heterocycles. The number of nitrogens with one attached hydrogen (secondary N) is 1. The van der Waals surface area contributed by atoms with E-state index in [1.54, 1.807) is 7.11 Å². The van der Waals surface area contributed by atoms with Gasteiger partial charge in [-0.1, -0.05) is 11.6 Å². The molecule has 26 heavy (non-hydrogen) atoms. The van der Waals surface area contributed by atoms with Crippen LogP contribution < -0.4 is 14.7 Å². The molecule has 2 aromatic rings. The minimum absolute atomic E-state index is 0.0569. The fraction of sp³-hybridized carbons (Fsp3) is 0.278. The van der Waals surface area contributed by atoms with Gasteiger partial charge in [0.15, 0.2) is 0 Å². The summed E-state index contributed by atoms with van der Waals surface area (Å²) < 4.78 is 5.16. The van der Waals surface area contributed by atoms with Gasteiger partial charge in [0.2, 0.25) is 0 Å². The van der Waals surface area contributed by atoms with Crippen molar-refractivity contribution in [1.82, 2.24) is 0 Å². The minimum atomic E-state index is -0.740. The lowest BCUT2D eigenvalue weighted by Gasteiger charge is -2.20. The Morgan fingerprint density at radius 2 is 1.96 bits per heavy atom. The summed E-state index contributed by atoms with van der Waals surface area (Å²) in [6.07, 6.45) is 1.35. The first-order valence-corrected chi connectivity index (χ1v) is 8.30. The number of likely N-dealkylation sites (N-methyl/N-ethyl adjacent to an activating group) is 1. The third kappa shape index (κ3) is 4.71. The zero-order valence-corrected chi connectivity index (χ0v) is 15.5. The molecular weight excluding hydrogens is 358 g/mol. The molecule has 0 aliphatic heterocycles. The molecule has 0 saturated carbocycles. The van der Waals surface area contributed by atoms with Crippen molar-refractivity contribution in [2.45, 2.75) is 6.04 Å². The molecule has 0 unspecified atom stereocenters. The number of nitrogens with zero attached hydrogens (tertiary/aromatic N) is 2. The lowest BCUT2D eigenvalue weighted by molar-refractivity contribution is -0.890. The van der Waals surface area contributed by atoms with Crippen molar-refractivity contribution < 1.29 is 19.7 Å².